The average Bonchev–Trinajstić information content (AvgIpc) is 3.06. The molecule has 0 saturated carbocycles. The van der Waals surface area contributed by atoms with E-state index in [2.05, 4.69) is 115 Å². The molecule has 0 aliphatic rings. The summed E-state index contributed by atoms with van der Waals surface area (Å²) < 4.78 is 0. The van der Waals surface area contributed by atoms with Crippen molar-refractivity contribution in [2.24, 2.45) is 0 Å². The van der Waals surface area contributed by atoms with Gasteiger partial charge in [0.15, 0.2) is 0 Å². The van der Waals surface area contributed by atoms with Crippen LogP contribution >= 0.6 is 0 Å². The van der Waals surface area contributed by atoms with Crippen LogP contribution < -0.4 is 20.7 Å². The van der Waals surface area contributed by atoms with Gasteiger partial charge in [-0.2, -0.15) is 34.6 Å². The van der Waals surface area contributed by atoms with Gasteiger partial charge in [-0.25, -0.2) is 22.5 Å². The van der Waals surface area contributed by atoms with Crippen LogP contribution in [0.5, 0.6) is 0 Å². The van der Waals surface area contributed by atoms with Crippen molar-refractivity contribution in [3.8, 4) is 0 Å². The van der Waals surface area contributed by atoms with Crippen LogP contribution in [-0.2, 0) is 16.8 Å². The van der Waals surface area contributed by atoms with Crippen LogP contribution in [0, 0.1) is 0 Å². The standard InChI is InChI=1S/2C11H21Si2.Co/c2*1-12(2,3)10-7-8-11(9-10)13(4,5)6;/h2*7-9H,1-6H3;/q2*-1;+2. The molecule has 2 aromatic carbocycles. The first kappa shape index (κ1) is 27.1. The van der Waals surface area contributed by atoms with E-state index in [0.29, 0.717) is 0 Å². The Labute approximate surface area is 184 Å². The molecule has 0 heterocycles. The Kier molecular flexibility index (Phi) is 9.29. The summed E-state index contributed by atoms with van der Waals surface area (Å²) >= 11 is 0. The van der Waals surface area contributed by atoms with Crippen molar-refractivity contribution in [1.82, 2.24) is 0 Å². The Balaban J connectivity index is 0.000000483. The SMILES string of the molecule is C[Si](C)(C)c1cc[c-]([Si](C)(C)C)c1.C[Si](C)(C)c1cc[c-]([Si](C)(C)C)c1.[Co+2]. The molecular formula is C22H42CoSi4. The largest absolute Gasteiger partial charge is 2.00 e. The Hall–Kier alpha value is 0.0740. The van der Waals surface area contributed by atoms with E-state index in [1.807, 2.05) is 0 Å². The summed E-state index contributed by atoms with van der Waals surface area (Å²) in [5, 5.41) is 6.46. The van der Waals surface area contributed by atoms with Gasteiger partial charge in [0.1, 0.15) is 0 Å². The Morgan fingerprint density at radius 3 is 0.889 bits per heavy atom. The molecule has 0 aliphatic heterocycles. The van der Waals surface area contributed by atoms with Crippen molar-refractivity contribution < 1.29 is 16.8 Å². The molecule has 0 nitrogen and oxygen atoms in total. The van der Waals surface area contributed by atoms with Gasteiger partial charge in [0.25, 0.3) is 0 Å². The van der Waals surface area contributed by atoms with Gasteiger partial charge in [-0.15, -0.1) is 0 Å². The minimum atomic E-state index is -1.07. The van der Waals surface area contributed by atoms with E-state index in [1.54, 1.807) is 20.7 Å². The second-order valence-corrected chi connectivity index (χ2v) is 32.1. The molecule has 1 radical (unpaired) electrons. The third-order valence-corrected chi connectivity index (χ3v) is 13.1. The first-order valence-corrected chi connectivity index (χ1v) is 24.0. The smallest absolute Gasteiger partial charge is 0.212 e. The fraction of sp³-hybridized carbons (Fsp3) is 0.545. The molecule has 2 rings (SSSR count). The summed E-state index contributed by atoms with van der Waals surface area (Å²) in [5.74, 6) is 0. The van der Waals surface area contributed by atoms with Crippen LogP contribution in [0.4, 0.5) is 0 Å². The topological polar surface area (TPSA) is 0 Å². The fourth-order valence-electron chi connectivity index (χ4n) is 2.75. The van der Waals surface area contributed by atoms with E-state index in [-0.39, 0.29) is 16.8 Å². The molecule has 5 heteroatoms. The van der Waals surface area contributed by atoms with Crippen molar-refractivity contribution in [3.63, 3.8) is 0 Å². The minimum Gasteiger partial charge on any atom is -0.212 e. The monoisotopic (exact) mass is 477 g/mol. The van der Waals surface area contributed by atoms with E-state index in [4.69, 9.17) is 0 Å². The molecule has 0 saturated heterocycles. The maximum atomic E-state index is 2.46. The summed E-state index contributed by atoms with van der Waals surface area (Å²) in [6.07, 6.45) is 0. The first-order chi connectivity index (χ1) is 11.4. The zero-order valence-corrected chi connectivity index (χ0v) is 24.8. The van der Waals surface area contributed by atoms with Crippen molar-refractivity contribution in [3.05, 3.63) is 36.4 Å². The quantitative estimate of drug-likeness (QED) is 0.430. The van der Waals surface area contributed by atoms with Crippen molar-refractivity contribution in [2.45, 2.75) is 78.6 Å². The molecule has 2 aromatic rings. The molecule has 27 heavy (non-hydrogen) atoms. The fourth-order valence-corrected chi connectivity index (χ4v) is 7.73. The molecule has 0 fully saturated rings. The molecule has 155 valence electrons. The zero-order valence-electron chi connectivity index (χ0n) is 19.8. The van der Waals surface area contributed by atoms with Crippen molar-refractivity contribution >= 4 is 53.0 Å². The molecule has 0 amide bonds. The zero-order chi connectivity index (χ0) is 20.6. The Bertz CT molecular complexity index is 579. The third kappa shape index (κ3) is 8.54. The van der Waals surface area contributed by atoms with Crippen LogP contribution in [0.1, 0.15) is 0 Å². The maximum Gasteiger partial charge on any atom is 2.00 e. The molecule has 0 bridgehead atoms. The Morgan fingerprint density at radius 1 is 0.519 bits per heavy atom. The summed E-state index contributed by atoms with van der Waals surface area (Å²) in [4.78, 5) is 0. The van der Waals surface area contributed by atoms with Crippen molar-refractivity contribution in [2.75, 3.05) is 0 Å². The molecule has 0 atom stereocenters. The van der Waals surface area contributed by atoms with Crippen LogP contribution in [0.2, 0.25) is 78.6 Å². The van der Waals surface area contributed by atoms with Crippen LogP contribution in [-0.4, -0.2) is 32.3 Å². The second kappa shape index (κ2) is 9.26. The van der Waals surface area contributed by atoms with Gasteiger partial charge in [-0.3, -0.25) is 0 Å². The third-order valence-electron chi connectivity index (χ3n) is 4.97. The molecule has 0 aromatic heterocycles. The van der Waals surface area contributed by atoms with Gasteiger partial charge in [0.05, 0.1) is 0 Å². The van der Waals surface area contributed by atoms with Crippen LogP contribution in [0.3, 0.4) is 0 Å². The Morgan fingerprint density at radius 2 is 0.778 bits per heavy atom. The summed E-state index contributed by atoms with van der Waals surface area (Å²) in [5.41, 5.74) is 0. The van der Waals surface area contributed by atoms with Crippen LogP contribution in [0.15, 0.2) is 36.4 Å². The normalized spacial score (nSPS) is 12.9. The minimum absolute atomic E-state index is 0. The predicted octanol–water partition coefficient (Wildman–Crippen LogP) is 4.99. The molecular weight excluding hydrogens is 436 g/mol. The molecule has 0 unspecified atom stereocenters. The molecule has 0 spiro atoms. The average molecular weight is 478 g/mol. The van der Waals surface area contributed by atoms with E-state index in [0.717, 1.165) is 0 Å². The maximum absolute atomic E-state index is 2.46. The summed E-state index contributed by atoms with van der Waals surface area (Å²) in [7, 11) is -4.28. The predicted molar refractivity (Wildman–Crippen MR) is 136 cm³/mol. The first-order valence-electron chi connectivity index (χ1n) is 9.98. The molecule has 0 aliphatic carbocycles. The van der Waals surface area contributed by atoms with Gasteiger partial charge >= 0.3 is 16.8 Å². The van der Waals surface area contributed by atoms with Gasteiger partial charge < -0.3 is 0 Å². The second-order valence-electron chi connectivity index (χ2n) is 11.8. The number of hydrogen-bond acceptors (Lipinski definition) is 0. The molecule has 0 N–H and O–H groups in total. The summed E-state index contributed by atoms with van der Waals surface area (Å²) in [6, 6.07) is 14.3. The van der Waals surface area contributed by atoms with Gasteiger partial charge in [-0.05, 0) is 0 Å². The van der Waals surface area contributed by atoms with Gasteiger partial charge in [0.2, 0.25) is 0 Å². The van der Waals surface area contributed by atoms with E-state index >= 15 is 0 Å². The van der Waals surface area contributed by atoms with Gasteiger partial charge in [0, 0.05) is 32.3 Å². The van der Waals surface area contributed by atoms with E-state index in [9.17, 15) is 0 Å². The van der Waals surface area contributed by atoms with E-state index < -0.39 is 32.3 Å². The number of rotatable bonds is 4. The number of hydrogen-bond donors (Lipinski definition) is 0. The van der Waals surface area contributed by atoms with Gasteiger partial charge in [-0.1, -0.05) is 78.6 Å². The van der Waals surface area contributed by atoms with Crippen molar-refractivity contribution in [1.29, 1.82) is 0 Å². The van der Waals surface area contributed by atoms with E-state index in [1.165, 1.54) is 0 Å². The summed E-state index contributed by atoms with van der Waals surface area (Å²) in [6.45, 7) is 29.0. The van der Waals surface area contributed by atoms with Crippen LogP contribution in [0.25, 0.3) is 0 Å².